The van der Waals surface area contributed by atoms with Crippen molar-refractivity contribution in [3.05, 3.63) is 46.8 Å². The molecular formula is C16H20N2O2. The summed E-state index contributed by atoms with van der Waals surface area (Å²) in [5.74, 6) is 0.816. The molecule has 0 saturated carbocycles. The molecule has 0 aliphatic rings. The third-order valence-corrected chi connectivity index (χ3v) is 3.12. The van der Waals surface area contributed by atoms with Crippen LogP contribution in [0.25, 0.3) is 11.3 Å². The highest BCUT2D eigenvalue weighted by molar-refractivity contribution is 5.63. The van der Waals surface area contributed by atoms with E-state index in [1.807, 2.05) is 37.3 Å². The summed E-state index contributed by atoms with van der Waals surface area (Å²) < 4.78 is 7.31. The lowest BCUT2D eigenvalue weighted by atomic mass is 10.1. The van der Waals surface area contributed by atoms with Crippen LogP contribution < -0.4 is 16.0 Å². The zero-order valence-electron chi connectivity index (χ0n) is 11.9. The minimum Gasteiger partial charge on any atom is -0.494 e. The minimum atomic E-state index is -0.148. The topological polar surface area (TPSA) is 57.2 Å². The number of pyridine rings is 1. The van der Waals surface area contributed by atoms with Gasteiger partial charge < -0.3 is 15.0 Å². The van der Waals surface area contributed by atoms with Gasteiger partial charge in [-0.05, 0) is 37.6 Å². The average Bonchev–Trinajstić information content (AvgIpc) is 2.48. The van der Waals surface area contributed by atoms with E-state index in [4.69, 9.17) is 10.5 Å². The molecule has 20 heavy (non-hydrogen) atoms. The van der Waals surface area contributed by atoms with E-state index in [0.29, 0.717) is 13.2 Å². The molecule has 2 N–H and O–H groups in total. The SMILES string of the molecule is CCCOc1cccc(-c2ccc(N)c(=O)n2CC)c1. The molecule has 2 rings (SSSR count). The fourth-order valence-electron chi connectivity index (χ4n) is 2.13. The molecular weight excluding hydrogens is 252 g/mol. The Balaban J connectivity index is 2.46. The molecule has 0 radical (unpaired) electrons. The van der Waals surface area contributed by atoms with Gasteiger partial charge in [0.25, 0.3) is 5.56 Å². The van der Waals surface area contributed by atoms with Crippen LogP contribution in [0.4, 0.5) is 5.69 Å². The first-order chi connectivity index (χ1) is 9.67. The fourth-order valence-corrected chi connectivity index (χ4v) is 2.13. The quantitative estimate of drug-likeness (QED) is 0.910. The summed E-state index contributed by atoms with van der Waals surface area (Å²) in [5.41, 5.74) is 7.62. The van der Waals surface area contributed by atoms with Crippen LogP contribution in [0.5, 0.6) is 5.75 Å². The van der Waals surface area contributed by atoms with Gasteiger partial charge in [-0.15, -0.1) is 0 Å². The number of nitrogens with zero attached hydrogens (tertiary/aromatic N) is 1. The highest BCUT2D eigenvalue weighted by Crippen LogP contribution is 2.23. The van der Waals surface area contributed by atoms with Crippen LogP contribution >= 0.6 is 0 Å². The predicted molar refractivity (Wildman–Crippen MR) is 82.0 cm³/mol. The van der Waals surface area contributed by atoms with Crippen molar-refractivity contribution >= 4 is 5.69 Å². The van der Waals surface area contributed by atoms with Crippen LogP contribution in [0.15, 0.2) is 41.2 Å². The first-order valence-electron chi connectivity index (χ1n) is 6.90. The Hall–Kier alpha value is -2.23. The molecule has 0 aliphatic carbocycles. The second-order valence-electron chi connectivity index (χ2n) is 4.60. The van der Waals surface area contributed by atoms with Gasteiger partial charge in [0.2, 0.25) is 0 Å². The molecule has 1 aromatic heterocycles. The summed E-state index contributed by atoms with van der Waals surface area (Å²) in [6.07, 6.45) is 0.964. The second kappa shape index (κ2) is 6.28. The van der Waals surface area contributed by atoms with Crippen molar-refractivity contribution in [2.24, 2.45) is 0 Å². The second-order valence-corrected chi connectivity index (χ2v) is 4.60. The summed E-state index contributed by atoms with van der Waals surface area (Å²) in [5, 5.41) is 0. The Kier molecular flexibility index (Phi) is 4.45. The van der Waals surface area contributed by atoms with Gasteiger partial charge in [-0.25, -0.2) is 0 Å². The van der Waals surface area contributed by atoms with Crippen molar-refractivity contribution in [2.75, 3.05) is 12.3 Å². The molecule has 0 saturated heterocycles. The van der Waals surface area contributed by atoms with E-state index in [0.717, 1.165) is 23.4 Å². The Morgan fingerprint density at radius 3 is 2.70 bits per heavy atom. The molecule has 0 atom stereocenters. The number of hydrogen-bond donors (Lipinski definition) is 1. The summed E-state index contributed by atoms with van der Waals surface area (Å²) in [6.45, 7) is 5.27. The fraction of sp³-hybridized carbons (Fsp3) is 0.312. The normalized spacial score (nSPS) is 10.5. The maximum absolute atomic E-state index is 12.1. The van der Waals surface area contributed by atoms with Crippen LogP contribution in [0.3, 0.4) is 0 Å². The average molecular weight is 272 g/mol. The van der Waals surface area contributed by atoms with Crippen molar-refractivity contribution in [1.82, 2.24) is 4.57 Å². The van der Waals surface area contributed by atoms with E-state index in [-0.39, 0.29) is 11.2 Å². The van der Waals surface area contributed by atoms with Crippen molar-refractivity contribution in [1.29, 1.82) is 0 Å². The van der Waals surface area contributed by atoms with E-state index in [1.165, 1.54) is 0 Å². The number of anilines is 1. The molecule has 2 aromatic rings. The van der Waals surface area contributed by atoms with Gasteiger partial charge in [-0.1, -0.05) is 19.1 Å². The molecule has 0 bridgehead atoms. The smallest absolute Gasteiger partial charge is 0.274 e. The van der Waals surface area contributed by atoms with Crippen molar-refractivity contribution in [3.8, 4) is 17.0 Å². The zero-order valence-corrected chi connectivity index (χ0v) is 11.9. The summed E-state index contributed by atoms with van der Waals surface area (Å²) in [4.78, 5) is 12.1. The minimum absolute atomic E-state index is 0.148. The van der Waals surface area contributed by atoms with Crippen LogP contribution in [-0.4, -0.2) is 11.2 Å². The van der Waals surface area contributed by atoms with Gasteiger partial charge in [0.1, 0.15) is 5.75 Å². The molecule has 0 unspecified atom stereocenters. The van der Waals surface area contributed by atoms with E-state index < -0.39 is 0 Å². The lowest BCUT2D eigenvalue weighted by molar-refractivity contribution is 0.317. The molecule has 106 valence electrons. The van der Waals surface area contributed by atoms with Crippen LogP contribution in [-0.2, 0) is 6.54 Å². The number of aromatic nitrogens is 1. The van der Waals surface area contributed by atoms with Gasteiger partial charge in [0, 0.05) is 12.1 Å². The molecule has 0 aliphatic heterocycles. The van der Waals surface area contributed by atoms with E-state index >= 15 is 0 Å². The van der Waals surface area contributed by atoms with Gasteiger partial charge in [0.15, 0.2) is 0 Å². The van der Waals surface area contributed by atoms with Crippen molar-refractivity contribution in [2.45, 2.75) is 26.8 Å². The Morgan fingerprint density at radius 1 is 1.20 bits per heavy atom. The standard InChI is InChI=1S/C16H20N2O2/c1-3-10-20-13-7-5-6-12(11-13)15-9-8-14(17)16(19)18(15)4-2/h5-9,11H,3-4,10,17H2,1-2H3. The van der Waals surface area contributed by atoms with Crippen molar-refractivity contribution < 1.29 is 4.74 Å². The molecule has 4 heteroatoms. The molecule has 0 spiro atoms. The summed E-state index contributed by atoms with van der Waals surface area (Å²) in [6, 6.07) is 11.3. The molecule has 4 nitrogen and oxygen atoms in total. The van der Waals surface area contributed by atoms with Crippen LogP contribution in [0.2, 0.25) is 0 Å². The number of nitrogens with two attached hydrogens (primary N) is 1. The number of nitrogen functional groups attached to an aromatic ring is 1. The lowest BCUT2D eigenvalue weighted by Gasteiger charge is -2.13. The first-order valence-corrected chi connectivity index (χ1v) is 6.90. The van der Waals surface area contributed by atoms with Crippen molar-refractivity contribution in [3.63, 3.8) is 0 Å². The summed E-state index contributed by atoms with van der Waals surface area (Å²) in [7, 11) is 0. The van der Waals surface area contributed by atoms with Crippen LogP contribution in [0, 0.1) is 0 Å². The van der Waals surface area contributed by atoms with E-state index in [1.54, 1.807) is 10.6 Å². The molecule has 1 heterocycles. The zero-order chi connectivity index (χ0) is 14.5. The molecule has 0 fully saturated rings. The van der Waals surface area contributed by atoms with Gasteiger partial charge >= 0.3 is 0 Å². The summed E-state index contributed by atoms with van der Waals surface area (Å²) >= 11 is 0. The third kappa shape index (κ3) is 2.85. The van der Waals surface area contributed by atoms with Gasteiger partial charge in [-0.2, -0.15) is 0 Å². The number of rotatable bonds is 5. The first kappa shape index (κ1) is 14.2. The Labute approximate surface area is 118 Å². The maximum Gasteiger partial charge on any atom is 0.274 e. The van der Waals surface area contributed by atoms with E-state index in [2.05, 4.69) is 6.92 Å². The van der Waals surface area contributed by atoms with Gasteiger partial charge in [0.05, 0.1) is 18.0 Å². The largest absolute Gasteiger partial charge is 0.494 e. The number of hydrogen-bond acceptors (Lipinski definition) is 3. The highest BCUT2D eigenvalue weighted by Gasteiger charge is 2.08. The Bertz CT molecular complexity index is 647. The monoisotopic (exact) mass is 272 g/mol. The molecule has 1 aromatic carbocycles. The van der Waals surface area contributed by atoms with Crippen LogP contribution in [0.1, 0.15) is 20.3 Å². The number of benzene rings is 1. The van der Waals surface area contributed by atoms with Gasteiger partial charge in [-0.3, -0.25) is 4.79 Å². The predicted octanol–water partition coefficient (Wildman–Crippen LogP) is 2.91. The highest BCUT2D eigenvalue weighted by atomic mass is 16.5. The molecule has 0 amide bonds. The Morgan fingerprint density at radius 2 is 2.00 bits per heavy atom. The maximum atomic E-state index is 12.1. The van der Waals surface area contributed by atoms with E-state index in [9.17, 15) is 4.79 Å². The third-order valence-electron chi connectivity index (χ3n) is 3.12. The number of ether oxygens (including phenoxy) is 1. The lowest BCUT2D eigenvalue weighted by Crippen LogP contribution is -2.23.